The number of fused-ring (bicyclic) bond motifs is 1. The number of nitrogens with zero attached hydrogens (tertiary/aromatic N) is 1. The average Bonchev–Trinajstić information content (AvgIpc) is 2.88. The van der Waals surface area contributed by atoms with E-state index >= 15 is 0 Å². The lowest BCUT2D eigenvalue weighted by atomic mass is 9.77. The van der Waals surface area contributed by atoms with Crippen LogP contribution in [-0.4, -0.2) is 16.0 Å². The van der Waals surface area contributed by atoms with Crippen molar-refractivity contribution in [3.8, 4) is 5.75 Å². The molecular formula is C15H14BrF2NO2. The Labute approximate surface area is 129 Å². The molecule has 2 unspecified atom stereocenters. The molecule has 3 nitrogen and oxygen atoms in total. The topological polar surface area (TPSA) is 52.8 Å². The van der Waals surface area contributed by atoms with Gasteiger partial charge in [-0.2, -0.15) is 0 Å². The molecule has 0 heterocycles. The number of benzene rings is 1. The molecule has 2 aliphatic carbocycles. The van der Waals surface area contributed by atoms with Crippen LogP contribution in [0.4, 0.5) is 8.78 Å². The van der Waals surface area contributed by atoms with E-state index in [4.69, 9.17) is 0 Å². The van der Waals surface area contributed by atoms with Crippen molar-refractivity contribution in [1.82, 2.24) is 0 Å². The molecule has 2 aliphatic rings. The van der Waals surface area contributed by atoms with Gasteiger partial charge in [-0.15, -0.1) is 0 Å². The van der Waals surface area contributed by atoms with E-state index in [0.717, 1.165) is 37.0 Å². The molecule has 112 valence electrons. The number of phenols is 1. The van der Waals surface area contributed by atoms with E-state index in [2.05, 4.69) is 21.1 Å². The van der Waals surface area contributed by atoms with E-state index in [9.17, 15) is 19.1 Å². The lowest BCUT2D eigenvalue weighted by Crippen LogP contribution is -2.26. The molecule has 0 aromatic heterocycles. The van der Waals surface area contributed by atoms with E-state index in [1.54, 1.807) is 0 Å². The van der Waals surface area contributed by atoms with Crippen LogP contribution in [0.2, 0.25) is 0 Å². The Bertz CT molecular complexity index is 663. The monoisotopic (exact) mass is 357 g/mol. The van der Waals surface area contributed by atoms with Crippen molar-refractivity contribution >= 4 is 27.2 Å². The molecule has 0 saturated heterocycles. The van der Waals surface area contributed by atoms with Crippen LogP contribution < -0.4 is 0 Å². The number of hydrogen-bond donors (Lipinski definition) is 2. The first kappa shape index (κ1) is 14.5. The molecule has 0 amide bonds. The summed E-state index contributed by atoms with van der Waals surface area (Å²) in [5.74, 6) is -2.92. The molecule has 21 heavy (non-hydrogen) atoms. The molecule has 2 atom stereocenters. The molecule has 6 heteroatoms. The van der Waals surface area contributed by atoms with Crippen LogP contribution in [0.15, 0.2) is 21.8 Å². The molecule has 1 aromatic carbocycles. The van der Waals surface area contributed by atoms with Gasteiger partial charge in [-0.1, -0.05) is 18.5 Å². The number of hydrogen-bond acceptors (Lipinski definition) is 3. The van der Waals surface area contributed by atoms with Crippen molar-refractivity contribution in [2.24, 2.45) is 16.5 Å². The van der Waals surface area contributed by atoms with Gasteiger partial charge in [0.2, 0.25) is 0 Å². The largest absolute Gasteiger partial charge is 0.503 e. The molecular weight excluding hydrogens is 344 g/mol. The van der Waals surface area contributed by atoms with Gasteiger partial charge >= 0.3 is 0 Å². The van der Waals surface area contributed by atoms with Crippen LogP contribution in [0, 0.1) is 23.0 Å². The second-order valence-electron chi connectivity index (χ2n) is 5.83. The lowest BCUT2D eigenvalue weighted by Gasteiger charge is -2.25. The Kier molecular flexibility index (Phi) is 3.31. The zero-order chi connectivity index (χ0) is 15.4. The molecule has 1 aromatic rings. The Hall–Kier alpha value is -1.43. The van der Waals surface area contributed by atoms with Crippen molar-refractivity contribution in [3.05, 3.63) is 33.8 Å². The number of phenolic OH excluding ortho intramolecular Hbond substituents is 1. The molecule has 3 rings (SSSR count). The van der Waals surface area contributed by atoms with Crippen LogP contribution in [0.3, 0.4) is 0 Å². The summed E-state index contributed by atoms with van der Waals surface area (Å²) in [6.45, 7) is 2.00. The van der Waals surface area contributed by atoms with Gasteiger partial charge < -0.3 is 10.3 Å². The van der Waals surface area contributed by atoms with E-state index in [1.807, 2.05) is 6.92 Å². The first-order valence-electron chi connectivity index (χ1n) is 6.71. The van der Waals surface area contributed by atoms with E-state index in [-0.39, 0.29) is 11.3 Å². The Morgan fingerprint density at radius 1 is 1.33 bits per heavy atom. The van der Waals surface area contributed by atoms with Crippen LogP contribution in [0.1, 0.15) is 31.7 Å². The van der Waals surface area contributed by atoms with Crippen LogP contribution in [0.5, 0.6) is 5.75 Å². The van der Waals surface area contributed by atoms with Crippen LogP contribution in [0.25, 0.3) is 5.57 Å². The second kappa shape index (κ2) is 4.80. The normalized spacial score (nSPS) is 30.3. The van der Waals surface area contributed by atoms with E-state index < -0.39 is 17.4 Å². The van der Waals surface area contributed by atoms with Gasteiger partial charge in [0.15, 0.2) is 17.4 Å². The number of rotatable bonds is 1. The standard InChI is InChI=1S/C15H14BrF2NO2/c1-15-4-2-3-8(15)11(12(16)14(15)19-21)7-5-9(17)13(20)10(18)6-7/h5-6,8,20-21H,2-4H2,1H3. The molecule has 1 saturated carbocycles. The molecule has 0 radical (unpaired) electrons. The average molecular weight is 358 g/mol. The molecule has 0 aliphatic heterocycles. The number of allylic oxidation sites excluding steroid dienone is 2. The highest BCUT2D eigenvalue weighted by molar-refractivity contribution is 9.12. The van der Waals surface area contributed by atoms with Crippen molar-refractivity contribution < 1.29 is 19.1 Å². The zero-order valence-corrected chi connectivity index (χ0v) is 12.9. The Morgan fingerprint density at radius 2 is 1.95 bits per heavy atom. The van der Waals surface area contributed by atoms with Crippen molar-refractivity contribution in [2.75, 3.05) is 0 Å². The summed E-state index contributed by atoms with van der Waals surface area (Å²) in [6.07, 6.45) is 2.69. The fourth-order valence-corrected chi connectivity index (χ4v) is 4.69. The maximum atomic E-state index is 13.6. The summed E-state index contributed by atoms with van der Waals surface area (Å²) in [5, 5.41) is 21.9. The summed E-state index contributed by atoms with van der Waals surface area (Å²) in [6, 6.07) is 2.24. The van der Waals surface area contributed by atoms with Crippen LogP contribution in [-0.2, 0) is 0 Å². The van der Waals surface area contributed by atoms with Gasteiger partial charge in [-0.25, -0.2) is 8.78 Å². The summed E-state index contributed by atoms with van der Waals surface area (Å²) in [5.41, 5.74) is 1.30. The third-order valence-electron chi connectivity index (χ3n) is 4.72. The minimum Gasteiger partial charge on any atom is -0.503 e. The lowest BCUT2D eigenvalue weighted by molar-refractivity contribution is 0.304. The van der Waals surface area contributed by atoms with Gasteiger partial charge in [-0.05, 0) is 58.0 Å². The summed E-state index contributed by atoms with van der Waals surface area (Å²) < 4.78 is 27.8. The molecule has 2 N–H and O–H groups in total. The van der Waals surface area contributed by atoms with Gasteiger partial charge in [0, 0.05) is 9.90 Å². The van der Waals surface area contributed by atoms with Gasteiger partial charge in [0.1, 0.15) is 5.71 Å². The highest BCUT2D eigenvalue weighted by Crippen LogP contribution is 2.59. The first-order valence-corrected chi connectivity index (χ1v) is 7.50. The van der Waals surface area contributed by atoms with Gasteiger partial charge in [-0.3, -0.25) is 0 Å². The predicted octanol–water partition coefficient (Wildman–Crippen LogP) is 4.43. The molecule has 1 fully saturated rings. The van der Waals surface area contributed by atoms with Gasteiger partial charge in [0.25, 0.3) is 0 Å². The van der Waals surface area contributed by atoms with Crippen molar-refractivity contribution in [3.63, 3.8) is 0 Å². The number of aromatic hydroxyl groups is 1. The number of oxime groups is 1. The fraction of sp³-hybridized carbons (Fsp3) is 0.400. The SMILES string of the molecule is CC12CCCC1C(c1cc(F)c(O)c(F)c1)=C(Br)C2=NO. The van der Waals surface area contributed by atoms with Crippen molar-refractivity contribution in [1.29, 1.82) is 0 Å². The Balaban J connectivity index is 2.20. The zero-order valence-electron chi connectivity index (χ0n) is 11.3. The fourth-order valence-electron chi connectivity index (χ4n) is 3.65. The minimum atomic E-state index is -0.994. The smallest absolute Gasteiger partial charge is 0.187 e. The second-order valence-corrected chi connectivity index (χ2v) is 6.62. The highest BCUT2D eigenvalue weighted by Gasteiger charge is 2.52. The maximum absolute atomic E-state index is 13.6. The minimum absolute atomic E-state index is 0.0427. The highest BCUT2D eigenvalue weighted by atomic mass is 79.9. The first-order chi connectivity index (χ1) is 9.90. The summed E-state index contributed by atoms with van der Waals surface area (Å²) in [7, 11) is 0. The summed E-state index contributed by atoms with van der Waals surface area (Å²) in [4.78, 5) is 0. The quantitative estimate of drug-likeness (QED) is 0.577. The third kappa shape index (κ3) is 1.92. The molecule has 0 bridgehead atoms. The van der Waals surface area contributed by atoms with Gasteiger partial charge in [0.05, 0.1) is 0 Å². The van der Waals surface area contributed by atoms with Crippen LogP contribution >= 0.6 is 15.9 Å². The third-order valence-corrected chi connectivity index (χ3v) is 5.52. The number of halogens is 3. The Morgan fingerprint density at radius 3 is 2.52 bits per heavy atom. The molecule has 0 spiro atoms. The van der Waals surface area contributed by atoms with E-state index in [0.29, 0.717) is 15.8 Å². The van der Waals surface area contributed by atoms with Crippen molar-refractivity contribution in [2.45, 2.75) is 26.2 Å². The van der Waals surface area contributed by atoms with E-state index in [1.165, 1.54) is 0 Å². The summed E-state index contributed by atoms with van der Waals surface area (Å²) >= 11 is 3.41. The predicted molar refractivity (Wildman–Crippen MR) is 78.5 cm³/mol. The maximum Gasteiger partial charge on any atom is 0.187 e.